The van der Waals surface area contributed by atoms with E-state index in [1.165, 1.54) is 6.07 Å². The second-order valence-electron chi connectivity index (χ2n) is 4.37. The highest BCUT2D eigenvalue weighted by Gasteiger charge is 2.10. The molecular weight excluding hydrogens is 268 g/mol. The topological polar surface area (TPSA) is 12.0 Å². The van der Waals surface area contributed by atoms with Gasteiger partial charge in [0.05, 0.1) is 0 Å². The lowest BCUT2D eigenvalue weighted by Crippen LogP contribution is -2.19. The maximum Gasteiger partial charge on any atom is 0.163 e. The van der Waals surface area contributed by atoms with Crippen LogP contribution < -0.4 is 5.32 Å². The first kappa shape index (κ1) is 14.0. The van der Waals surface area contributed by atoms with E-state index in [1.807, 2.05) is 25.1 Å². The highest BCUT2D eigenvalue weighted by atomic mass is 35.5. The van der Waals surface area contributed by atoms with Gasteiger partial charge in [-0.25, -0.2) is 8.78 Å². The minimum atomic E-state index is -0.824. The number of hydrogen-bond donors (Lipinski definition) is 1. The molecule has 1 nitrogen and oxygen atoms in total. The van der Waals surface area contributed by atoms with Crippen LogP contribution in [-0.4, -0.2) is 0 Å². The van der Waals surface area contributed by atoms with Crippen LogP contribution in [0, 0.1) is 11.6 Å². The molecule has 2 rings (SSSR count). The Hall–Kier alpha value is -1.45. The summed E-state index contributed by atoms with van der Waals surface area (Å²) in [6.07, 6.45) is 0. The highest BCUT2D eigenvalue weighted by molar-refractivity contribution is 6.30. The van der Waals surface area contributed by atoms with Crippen molar-refractivity contribution in [3.05, 3.63) is 70.2 Å². The molecule has 0 aliphatic heterocycles. The summed E-state index contributed by atoms with van der Waals surface area (Å²) in [5.74, 6) is -1.62. The van der Waals surface area contributed by atoms with Gasteiger partial charge in [-0.2, -0.15) is 0 Å². The fourth-order valence-electron chi connectivity index (χ4n) is 1.84. The molecule has 4 heteroatoms. The van der Waals surface area contributed by atoms with Crippen LogP contribution in [0.5, 0.6) is 0 Å². The molecule has 100 valence electrons. The lowest BCUT2D eigenvalue weighted by atomic mass is 10.1. The van der Waals surface area contributed by atoms with Crippen LogP contribution in [0.3, 0.4) is 0 Å². The van der Waals surface area contributed by atoms with Crippen molar-refractivity contribution < 1.29 is 8.78 Å². The van der Waals surface area contributed by atoms with Gasteiger partial charge in [-0.05, 0) is 30.7 Å². The van der Waals surface area contributed by atoms with Crippen LogP contribution in [0.1, 0.15) is 24.1 Å². The summed E-state index contributed by atoms with van der Waals surface area (Å²) in [7, 11) is 0. The number of benzene rings is 2. The van der Waals surface area contributed by atoms with Gasteiger partial charge in [0.1, 0.15) is 0 Å². The molecule has 0 fully saturated rings. The molecule has 1 atom stereocenters. The van der Waals surface area contributed by atoms with Crippen LogP contribution in [0.25, 0.3) is 0 Å². The smallest absolute Gasteiger partial charge is 0.163 e. The zero-order valence-electron chi connectivity index (χ0n) is 10.5. The third kappa shape index (κ3) is 3.52. The standard InChI is InChI=1S/C15H14ClF2N/c1-10(11-4-2-6-13(16)8-11)19-9-12-5-3-7-14(17)15(12)18/h2-8,10,19H,9H2,1H3/t10-/m1/s1. The molecule has 0 saturated carbocycles. The van der Waals surface area contributed by atoms with Crippen LogP contribution >= 0.6 is 11.6 Å². The first-order valence-electron chi connectivity index (χ1n) is 5.99. The van der Waals surface area contributed by atoms with Gasteiger partial charge in [-0.3, -0.25) is 0 Å². The third-order valence-corrected chi connectivity index (χ3v) is 3.21. The summed E-state index contributed by atoms with van der Waals surface area (Å²) in [6, 6.07) is 11.6. The van der Waals surface area contributed by atoms with Gasteiger partial charge in [0.2, 0.25) is 0 Å². The van der Waals surface area contributed by atoms with Gasteiger partial charge in [-0.1, -0.05) is 35.9 Å². The van der Waals surface area contributed by atoms with Gasteiger partial charge in [0.25, 0.3) is 0 Å². The van der Waals surface area contributed by atoms with Crippen LogP contribution in [0.4, 0.5) is 8.78 Å². The zero-order chi connectivity index (χ0) is 13.8. The van der Waals surface area contributed by atoms with Crippen LogP contribution in [0.2, 0.25) is 5.02 Å². The van der Waals surface area contributed by atoms with E-state index < -0.39 is 11.6 Å². The number of rotatable bonds is 4. The van der Waals surface area contributed by atoms with Crippen molar-refractivity contribution in [2.75, 3.05) is 0 Å². The minimum Gasteiger partial charge on any atom is -0.306 e. The van der Waals surface area contributed by atoms with Gasteiger partial charge in [-0.15, -0.1) is 0 Å². The molecular formula is C15H14ClF2N. The van der Waals surface area contributed by atoms with Crippen molar-refractivity contribution in [1.82, 2.24) is 5.32 Å². The summed E-state index contributed by atoms with van der Waals surface area (Å²) < 4.78 is 26.5. The zero-order valence-corrected chi connectivity index (χ0v) is 11.2. The first-order valence-corrected chi connectivity index (χ1v) is 6.37. The molecule has 0 aliphatic rings. The van der Waals surface area contributed by atoms with E-state index in [0.717, 1.165) is 11.6 Å². The number of hydrogen-bond acceptors (Lipinski definition) is 1. The molecule has 2 aromatic rings. The molecule has 0 aliphatic carbocycles. The first-order chi connectivity index (χ1) is 9.08. The van der Waals surface area contributed by atoms with E-state index in [4.69, 9.17) is 11.6 Å². The van der Waals surface area contributed by atoms with Crippen molar-refractivity contribution in [1.29, 1.82) is 0 Å². The Balaban J connectivity index is 2.04. The average molecular weight is 282 g/mol. The molecule has 0 heterocycles. The molecule has 2 aromatic carbocycles. The Morgan fingerprint density at radius 2 is 1.89 bits per heavy atom. The normalized spacial score (nSPS) is 12.4. The number of halogens is 3. The SMILES string of the molecule is C[C@@H](NCc1cccc(F)c1F)c1cccc(Cl)c1. The average Bonchev–Trinajstić information content (AvgIpc) is 2.40. The summed E-state index contributed by atoms with van der Waals surface area (Å²) in [5.41, 5.74) is 1.32. The molecule has 0 saturated heterocycles. The largest absolute Gasteiger partial charge is 0.306 e. The van der Waals surface area contributed by atoms with Crippen LogP contribution in [0.15, 0.2) is 42.5 Å². The Bertz CT molecular complexity index is 572. The quantitative estimate of drug-likeness (QED) is 0.872. The van der Waals surface area contributed by atoms with Crippen LogP contribution in [-0.2, 0) is 6.54 Å². The van der Waals surface area contributed by atoms with Crippen molar-refractivity contribution in [2.24, 2.45) is 0 Å². The molecule has 1 N–H and O–H groups in total. The van der Waals surface area contributed by atoms with E-state index in [2.05, 4.69) is 5.32 Å². The lowest BCUT2D eigenvalue weighted by Gasteiger charge is -2.15. The van der Waals surface area contributed by atoms with E-state index in [1.54, 1.807) is 12.1 Å². The second-order valence-corrected chi connectivity index (χ2v) is 4.81. The lowest BCUT2D eigenvalue weighted by molar-refractivity contribution is 0.484. The molecule has 0 amide bonds. The van der Waals surface area contributed by atoms with E-state index in [-0.39, 0.29) is 12.6 Å². The predicted octanol–water partition coefficient (Wildman–Crippen LogP) is 4.47. The molecule has 0 spiro atoms. The Labute approximate surface area is 116 Å². The monoisotopic (exact) mass is 281 g/mol. The Morgan fingerprint density at radius 3 is 2.63 bits per heavy atom. The van der Waals surface area contributed by atoms with Gasteiger partial charge >= 0.3 is 0 Å². The minimum absolute atomic E-state index is 0.00127. The molecule has 0 unspecified atom stereocenters. The fourth-order valence-corrected chi connectivity index (χ4v) is 2.04. The van der Waals surface area contributed by atoms with Crippen molar-refractivity contribution >= 4 is 11.6 Å². The highest BCUT2D eigenvalue weighted by Crippen LogP contribution is 2.18. The Morgan fingerprint density at radius 1 is 1.16 bits per heavy atom. The van der Waals surface area contributed by atoms with Crippen molar-refractivity contribution in [2.45, 2.75) is 19.5 Å². The number of nitrogens with one attached hydrogen (secondary N) is 1. The van der Waals surface area contributed by atoms with E-state index in [9.17, 15) is 8.78 Å². The third-order valence-electron chi connectivity index (χ3n) is 2.98. The summed E-state index contributed by atoms with van der Waals surface area (Å²) >= 11 is 5.91. The summed E-state index contributed by atoms with van der Waals surface area (Å²) in [4.78, 5) is 0. The molecule has 19 heavy (non-hydrogen) atoms. The molecule has 0 aromatic heterocycles. The van der Waals surface area contributed by atoms with Crippen molar-refractivity contribution in [3.8, 4) is 0 Å². The second kappa shape index (κ2) is 6.13. The van der Waals surface area contributed by atoms with E-state index in [0.29, 0.717) is 10.6 Å². The maximum absolute atomic E-state index is 13.5. The maximum atomic E-state index is 13.5. The van der Waals surface area contributed by atoms with E-state index >= 15 is 0 Å². The summed E-state index contributed by atoms with van der Waals surface area (Å²) in [6.45, 7) is 2.21. The molecule has 0 radical (unpaired) electrons. The predicted molar refractivity (Wildman–Crippen MR) is 73.1 cm³/mol. The van der Waals surface area contributed by atoms with Gasteiger partial charge < -0.3 is 5.32 Å². The summed E-state index contributed by atoms with van der Waals surface area (Å²) in [5, 5.41) is 3.80. The molecule has 0 bridgehead atoms. The van der Waals surface area contributed by atoms with Crippen molar-refractivity contribution in [3.63, 3.8) is 0 Å². The van der Waals surface area contributed by atoms with Gasteiger partial charge in [0.15, 0.2) is 11.6 Å². The Kier molecular flexibility index (Phi) is 4.51. The van der Waals surface area contributed by atoms with Gasteiger partial charge in [0, 0.05) is 23.2 Å². The fraction of sp³-hybridized carbons (Fsp3) is 0.200.